The predicted molar refractivity (Wildman–Crippen MR) is 113 cm³/mol. The number of aliphatic imine (C=N–C) groups is 1. The summed E-state index contributed by atoms with van der Waals surface area (Å²) >= 11 is 11.3. The van der Waals surface area contributed by atoms with Crippen LogP contribution in [0.2, 0.25) is 5.02 Å². The molecule has 8 heteroatoms. The Labute approximate surface area is 171 Å². The average Bonchev–Trinajstić information content (AvgIpc) is 2.97. The smallest absolute Gasteiger partial charge is 0.191 e. The number of guanidine groups is 1. The highest BCUT2D eigenvalue weighted by Gasteiger charge is 2.05. The van der Waals surface area contributed by atoms with Crippen molar-refractivity contribution in [3.8, 4) is 0 Å². The van der Waals surface area contributed by atoms with E-state index in [1.54, 1.807) is 18.4 Å². The minimum atomic E-state index is 0. The molecule has 0 saturated heterocycles. The Morgan fingerprint density at radius 3 is 2.70 bits per heavy atom. The molecule has 2 rings (SSSR count). The summed E-state index contributed by atoms with van der Waals surface area (Å²) in [6, 6.07) is 5.85. The SMILES string of the molecule is CCc1cnc(CNC(=NC)NCc2ccc(Br)cc2Cl)s1.I. The van der Waals surface area contributed by atoms with Crippen molar-refractivity contribution in [3.05, 3.63) is 49.3 Å². The molecule has 0 bridgehead atoms. The molecule has 0 radical (unpaired) electrons. The minimum Gasteiger partial charge on any atom is -0.352 e. The van der Waals surface area contributed by atoms with E-state index in [1.165, 1.54) is 4.88 Å². The van der Waals surface area contributed by atoms with Crippen LogP contribution >= 0.6 is 62.8 Å². The lowest BCUT2D eigenvalue weighted by atomic mass is 10.2. The Morgan fingerprint density at radius 2 is 2.09 bits per heavy atom. The number of benzene rings is 1. The molecule has 0 spiro atoms. The monoisotopic (exact) mass is 528 g/mol. The predicted octanol–water partition coefficient (Wildman–Crippen LogP) is 4.60. The Balaban J connectivity index is 0.00000264. The zero-order valence-electron chi connectivity index (χ0n) is 12.9. The van der Waals surface area contributed by atoms with Crippen molar-refractivity contribution in [1.29, 1.82) is 0 Å². The van der Waals surface area contributed by atoms with Gasteiger partial charge in [-0.25, -0.2) is 4.98 Å². The summed E-state index contributed by atoms with van der Waals surface area (Å²) < 4.78 is 0.972. The van der Waals surface area contributed by atoms with Gasteiger partial charge in [0.1, 0.15) is 5.01 Å². The molecule has 2 N–H and O–H groups in total. The Morgan fingerprint density at radius 1 is 1.35 bits per heavy atom. The molecular formula is C15H19BrClIN4S. The first kappa shape index (κ1) is 20.7. The molecule has 126 valence electrons. The van der Waals surface area contributed by atoms with Crippen LogP contribution in [0.4, 0.5) is 0 Å². The molecule has 1 aromatic heterocycles. The number of halogens is 3. The first-order chi connectivity index (χ1) is 10.6. The van der Waals surface area contributed by atoms with Crippen LogP contribution in [0.15, 0.2) is 33.9 Å². The van der Waals surface area contributed by atoms with Crippen molar-refractivity contribution in [3.63, 3.8) is 0 Å². The second-order valence-corrected chi connectivity index (χ2v) is 7.11. The standard InChI is InChI=1S/C15H18BrClN4S.HI/c1-3-12-8-19-14(22-12)9-21-15(18-2)20-7-10-4-5-11(16)6-13(10)17;/h4-6,8H,3,7,9H2,1-2H3,(H2,18,20,21);1H. The number of thiazole rings is 1. The third-order valence-corrected chi connectivity index (χ3v) is 5.03. The van der Waals surface area contributed by atoms with E-state index < -0.39 is 0 Å². The highest BCUT2D eigenvalue weighted by molar-refractivity contribution is 14.0. The summed E-state index contributed by atoms with van der Waals surface area (Å²) in [5.41, 5.74) is 1.02. The minimum absolute atomic E-state index is 0. The van der Waals surface area contributed by atoms with Crippen molar-refractivity contribution in [2.24, 2.45) is 4.99 Å². The van der Waals surface area contributed by atoms with Gasteiger partial charge in [0.05, 0.1) is 6.54 Å². The molecule has 0 unspecified atom stereocenters. The normalized spacial score (nSPS) is 11.0. The summed E-state index contributed by atoms with van der Waals surface area (Å²) in [5, 5.41) is 8.30. The molecule has 0 aliphatic rings. The third-order valence-electron chi connectivity index (χ3n) is 3.04. The van der Waals surface area contributed by atoms with Crippen LogP contribution in [0.5, 0.6) is 0 Å². The number of nitrogens with one attached hydrogen (secondary N) is 2. The summed E-state index contributed by atoms with van der Waals surface area (Å²) in [5.74, 6) is 0.729. The van der Waals surface area contributed by atoms with Crippen LogP contribution in [0, 0.1) is 0 Å². The average molecular weight is 530 g/mol. The third kappa shape index (κ3) is 6.56. The molecule has 0 atom stereocenters. The van der Waals surface area contributed by atoms with Gasteiger partial charge in [-0.05, 0) is 24.1 Å². The van der Waals surface area contributed by atoms with E-state index in [2.05, 4.69) is 43.5 Å². The molecule has 0 amide bonds. The maximum absolute atomic E-state index is 6.21. The van der Waals surface area contributed by atoms with Crippen LogP contribution in [0.25, 0.3) is 0 Å². The number of nitrogens with zero attached hydrogens (tertiary/aromatic N) is 2. The van der Waals surface area contributed by atoms with E-state index in [4.69, 9.17) is 11.6 Å². The lowest BCUT2D eigenvalue weighted by Crippen LogP contribution is -2.36. The van der Waals surface area contributed by atoms with Crippen LogP contribution < -0.4 is 10.6 Å². The Kier molecular flexibility index (Phi) is 9.41. The highest BCUT2D eigenvalue weighted by atomic mass is 127. The van der Waals surface area contributed by atoms with Crippen molar-refractivity contribution in [2.45, 2.75) is 26.4 Å². The van der Waals surface area contributed by atoms with Crippen LogP contribution in [-0.2, 0) is 19.5 Å². The van der Waals surface area contributed by atoms with Crippen molar-refractivity contribution >= 4 is 68.8 Å². The topological polar surface area (TPSA) is 49.3 Å². The number of hydrogen-bond donors (Lipinski definition) is 2. The van der Waals surface area contributed by atoms with Crippen molar-refractivity contribution in [1.82, 2.24) is 15.6 Å². The first-order valence-corrected chi connectivity index (χ1v) is 8.93. The fraction of sp³-hybridized carbons (Fsp3) is 0.333. The fourth-order valence-corrected chi connectivity index (χ4v) is 3.36. The Hall–Kier alpha value is -0.380. The van der Waals surface area contributed by atoms with Gasteiger partial charge in [-0.2, -0.15) is 0 Å². The molecule has 0 saturated carbocycles. The second-order valence-electron chi connectivity index (χ2n) is 4.59. The van der Waals surface area contributed by atoms with E-state index in [1.807, 2.05) is 24.4 Å². The number of rotatable bonds is 5. The van der Waals surface area contributed by atoms with Gasteiger partial charge >= 0.3 is 0 Å². The maximum Gasteiger partial charge on any atom is 0.191 e. The van der Waals surface area contributed by atoms with Gasteiger partial charge in [-0.1, -0.05) is 40.5 Å². The van der Waals surface area contributed by atoms with E-state index in [0.29, 0.717) is 13.1 Å². The second kappa shape index (κ2) is 10.5. The highest BCUT2D eigenvalue weighted by Crippen LogP contribution is 2.21. The number of aryl methyl sites for hydroxylation is 1. The van der Waals surface area contributed by atoms with Gasteiger partial charge in [-0.15, -0.1) is 35.3 Å². The number of aromatic nitrogens is 1. The van der Waals surface area contributed by atoms with Crippen molar-refractivity contribution < 1.29 is 0 Å². The zero-order valence-corrected chi connectivity index (χ0v) is 18.4. The molecule has 1 aromatic carbocycles. The summed E-state index contributed by atoms with van der Waals surface area (Å²) in [4.78, 5) is 9.89. The maximum atomic E-state index is 6.21. The molecule has 1 heterocycles. The summed E-state index contributed by atoms with van der Waals surface area (Å²) in [6.45, 7) is 3.41. The van der Waals surface area contributed by atoms with Crippen LogP contribution in [0.3, 0.4) is 0 Å². The van der Waals surface area contributed by atoms with Gasteiger partial charge in [0, 0.05) is 34.2 Å². The van der Waals surface area contributed by atoms with Crippen LogP contribution in [-0.4, -0.2) is 18.0 Å². The lowest BCUT2D eigenvalue weighted by Gasteiger charge is -2.12. The van der Waals surface area contributed by atoms with Crippen molar-refractivity contribution in [2.75, 3.05) is 7.05 Å². The van der Waals surface area contributed by atoms with E-state index in [0.717, 1.165) is 32.4 Å². The Bertz CT molecular complexity index is 663. The van der Waals surface area contributed by atoms with Gasteiger partial charge in [0.2, 0.25) is 0 Å². The van der Waals surface area contributed by atoms with Gasteiger partial charge in [0.15, 0.2) is 5.96 Å². The van der Waals surface area contributed by atoms with Gasteiger partial charge in [-0.3, -0.25) is 4.99 Å². The van der Waals surface area contributed by atoms with Gasteiger partial charge < -0.3 is 10.6 Å². The summed E-state index contributed by atoms with van der Waals surface area (Å²) in [6.07, 6.45) is 2.95. The van der Waals surface area contributed by atoms with Gasteiger partial charge in [0.25, 0.3) is 0 Å². The van der Waals surface area contributed by atoms with E-state index in [-0.39, 0.29) is 24.0 Å². The summed E-state index contributed by atoms with van der Waals surface area (Å²) in [7, 11) is 1.75. The largest absolute Gasteiger partial charge is 0.352 e. The van der Waals surface area contributed by atoms with E-state index in [9.17, 15) is 0 Å². The quantitative estimate of drug-likeness (QED) is 0.338. The molecule has 0 aliphatic carbocycles. The molecule has 0 fully saturated rings. The number of hydrogen-bond acceptors (Lipinski definition) is 3. The fourth-order valence-electron chi connectivity index (χ4n) is 1.82. The van der Waals surface area contributed by atoms with E-state index >= 15 is 0 Å². The zero-order chi connectivity index (χ0) is 15.9. The molecule has 23 heavy (non-hydrogen) atoms. The molecule has 2 aromatic rings. The lowest BCUT2D eigenvalue weighted by molar-refractivity contribution is 0.805. The first-order valence-electron chi connectivity index (χ1n) is 6.94. The molecular weight excluding hydrogens is 511 g/mol. The van der Waals surface area contributed by atoms with Crippen LogP contribution in [0.1, 0.15) is 22.4 Å². The molecule has 4 nitrogen and oxygen atoms in total. The molecule has 0 aliphatic heterocycles.